The number of anilines is 2. The van der Waals surface area contributed by atoms with Crippen molar-refractivity contribution >= 4 is 17.4 Å². The molecule has 1 fully saturated rings. The zero-order chi connectivity index (χ0) is 12.1. The van der Waals surface area contributed by atoms with E-state index in [1.165, 1.54) is 0 Å². The van der Waals surface area contributed by atoms with Gasteiger partial charge in [-0.05, 0) is 12.1 Å². The molecule has 6 heteroatoms. The average molecular weight is 235 g/mol. The molecule has 0 saturated carbocycles. The van der Waals surface area contributed by atoms with E-state index in [0.717, 1.165) is 37.6 Å². The van der Waals surface area contributed by atoms with Crippen molar-refractivity contribution in [2.75, 3.05) is 36.4 Å². The smallest absolute Gasteiger partial charge is 0.333 e. The largest absolute Gasteiger partial charge is 0.367 e. The number of hydrogen-bond donors (Lipinski definition) is 4. The number of benzene rings is 1. The van der Waals surface area contributed by atoms with Crippen LogP contribution in [-0.4, -0.2) is 32.2 Å². The fourth-order valence-corrected chi connectivity index (χ4v) is 1.92. The van der Waals surface area contributed by atoms with E-state index < -0.39 is 6.03 Å². The number of urea groups is 1. The zero-order valence-corrected chi connectivity index (χ0v) is 9.57. The van der Waals surface area contributed by atoms with Crippen LogP contribution in [-0.2, 0) is 0 Å². The number of piperazine rings is 1. The highest BCUT2D eigenvalue weighted by atomic mass is 16.2. The van der Waals surface area contributed by atoms with Crippen LogP contribution >= 0.6 is 0 Å². The quantitative estimate of drug-likeness (QED) is 0.333. The van der Waals surface area contributed by atoms with E-state index in [4.69, 9.17) is 5.84 Å². The van der Waals surface area contributed by atoms with E-state index in [0.29, 0.717) is 0 Å². The molecule has 0 radical (unpaired) electrons. The zero-order valence-electron chi connectivity index (χ0n) is 9.57. The maximum atomic E-state index is 11.2. The van der Waals surface area contributed by atoms with Gasteiger partial charge in [0.25, 0.3) is 0 Å². The van der Waals surface area contributed by atoms with Crippen LogP contribution in [0.5, 0.6) is 0 Å². The van der Waals surface area contributed by atoms with Crippen molar-refractivity contribution in [2.45, 2.75) is 0 Å². The second-order valence-electron chi connectivity index (χ2n) is 3.85. The van der Waals surface area contributed by atoms with Crippen LogP contribution in [0.3, 0.4) is 0 Å². The van der Waals surface area contributed by atoms with Crippen molar-refractivity contribution in [1.29, 1.82) is 0 Å². The molecule has 1 aliphatic rings. The molecule has 1 saturated heterocycles. The predicted molar refractivity (Wildman–Crippen MR) is 67.9 cm³/mol. The maximum Gasteiger partial charge on any atom is 0.333 e. The average Bonchev–Trinajstić information content (AvgIpc) is 2.40. The van der Waals surface area contributed by atoms with Crippen molar-refractivity contribution in [1.82, 2.24) is 10.7 Å². The van der Waals surface area contributed by atoms with Gasteiger partial charge in [-0.1, -0.05) is 12.1 Å². The summed E-state index contributed by atoms with van der Waals surface area (Å²) in [6.45, 7) is 3.78. The molecule has 2 amide bonds. The normalized spacial score (nSPS) is 15.5. The van der Waals surface area contributed by atoms with Crippen LogP contribution < -0.4 is 26.8 Å². The Morgan fingerprint density at radius 3 is 2.71 bits per heavy atom. The molecule has 0 bridgehead atoms. The fourth-order valence-electron chi connectivity index (χ4n) is 1.92. The number of hydrogen-bond acceptors (Lipinski definition) is 4. The number of carbonyl (C=O) groups is 1. The van der Waals surface area contributed by atoms with Crippen LogP contribution in [0.15, 0.2) is 24.3 Å². The number of rotatable bonds is 2. The Kier molecular flexibility index (Phi) is 3.79. The van der Waals surface area contributed by atoms with E-state index in [2.05, 4.69) is 21.0 Å². The summed E-state index contributed by atoms with van der Waals surface area (Å²) in [6, 6.07) is 7.30. The number of amides is 2. The first kappa shape index (κ1) is 11.7. The molecule has 17 heavy (non-hydrogen) atoms. The van der Waals surface area contributed by atoms with Gasteiger partial charge in [0.1, 0.15) is 0 Å². The van der Waals surface area contributed by atoms with E-state index in [-0.39, 0.29) is 0 Å². The van der Waals surface area contributed by atoms with Crippen LogP contribution in [0.2, 0.25) is 0 Å². The molecule has 0 atom stereocenters. The molecule has 6 nitrogen and oxygen atoms in total. The topological polar surface area (TPSA) is 82.4 Å². The first-order chi connectivity index (χ1) is 8.31. The lowest BCUT2D eigenvalue weighted by molar-refractivity contribution is 0.252. The van der Waals surface area contributed by atoms with Gasteiger partial charge in [-0.3, -0.25) is 5.43 Å². The van der Waals surface area contributed by atoms with Gasteiger partial charge < -0.3 is 15.5 Å². The lowest BCUT2D eigenvalue weighted by Gasteiger charge is -2.31. The van der Waals surface area contributed by atoms with Crippen molar-refractivity contribution < 1.29 is 4.79 Å². The molecular weight excluding hydrogens is 218 g/mol. The lowest BCUT2D eigenvalue weighted by atomic mass is 10.2. The summed E-state index contributed by atoms with van der Waals surface area (Å²) in [5.74, 6) is 5.06. The molecule has 0 spiro atoms. The van der Waals surface area contributed by atoms with Crippen LogP contribution in [0.4, 0.5) is 16.2 Å². The molecule has 0 unspecified atom stereocenters. The molecule has 1 aromatic carbocycles. The minimum Gasteiger partial charge on any atom is -0.367 e. The van der Waals surface area contributed by atoms with Gasteiger partial charge in [-0.25, -0.2) is 10.6 Å². The highest BCUT2D eigenvalue weighted by molar-refractivity contribution is 5.92. The third-order valence-electron chi connectivity index (χ3n) is 2.74. The standard InChI is InChI=1S/C11H17N5O/c12-15-11(17)14-9-3-1-2-4-10(9)16-7-5-13-6-8-16/h1-4,13H,5-8,12H2,(H2,14,15,17). The number of nitrogens with two attached hydrogens (primary N) is 1. The summed E-state index contributed by atoms with van der Waals surface area (Å²) in [5, 5.41) is 6.01. The molecule has 2 rings (SSSR count). The van der Waals surface area contributed by atoms with Crippen molar-refractivity contribution in [2.24, 2.45) is 5.84 Å². The minimum absolute atomic E-state index is 0.410. The molecular formula is C11H17N5O. The Morgan fingerprint density at radius 2 is 2.00 bits per heavy atom. The Bertz CT molecular complexity index is 389. The highest BCUT2D eigenvalue weighted by Gasteiger charge is 2.14. The van der Waals surface area contributed by atoms with Crippen LogP contribution in [0.1, 0.15) is 0 Å². The van der Waals surface area contributed by atoms with Crippen molar-refractivity contribution in [3.05, 3.63) is 24.3 Å². The molecule has 1 aliphatic heterocycles. The minimum atomic E-state index is -0.410. The first-order valence-corrected chi connectivity index (χ1v) is 5.63. The Balaban J connectivity index is 2.17. The van der Waals surface area contributed by atoms with E-state index in [1.807, 2.05) is 24.3 Å². The predicted octanol–water partition coefficient (Wildman–Crippen LogP) is 0.0914. The van der Waals surface area contributed by atoms with Gasteiger partial charge >= 0.3 is 6.03 Å². The third-order valence-corrected chi connectivity index (χ3v) is 2.74. The van der Waals surface area contributed by atoms with Crippen LogP contribution in [0, 0.1) is 0 Å². The van der Waals surface area contributed by atoms with Gasteiger partial charge in [-0.15, -0.1) is 0 Å². The summed E-state index contributed by atoms with van der Waals surface area (Å²) >= 11 is 0. The molecule has 1 heterocycles. The van der Waals surface area contributed by atoms with E-state index >= 15 is 0 Å². The Hall–Kier alpha value is -1.79. The summed E-state index contributed by atoms with van der Waals surface area (Å²) in [4.78, 5) is 13.5. The number of nitrogens with zero attached hydrogens (tertiary/aromatic N) is 1. The van der Waals surface area contributed by atoms with Gasteiger partial charge in [0, 0.05) is 26.2 Å². The summed E-state index contributed by atoms with van der Waals surface area (Å²) in [7, 11) is 0. The van der Waals surface area contributed by atoms with Gasteiger partial charge in [0.05, 0.1) is 11.4 Å². The summed E-state index contributed by atoms with van der Waals surface area (Å²) in [6.07, 6.45) is 0. The Labute approximate surface area is 100 Å². The van der Waals surface area contributed by atoms with Crippen molar-refractivity contribution in [3.8, 4) is 0 Å². The summed E-state index contributed by atoms with van der Waals surface area (Å²) in [5.41, 5.74) is 3.86. The molecule has 0 aromatic heterocycles. The van der Waals surface area contributed by atoms with Gasteiger partial charge in [0.2, 0.25) is 0 Å². The maximum absolute atomic E-state index is 11.2. The molecule has 5 N–H and O–H groups in total. The van der Waals surface area contributed by atoms with E-state index in [9.17, 15) is 4.79 Å². The first-order valence-electron chi connectivity index (χ1n) is 5.63. The monoisotopic (exact) mass is 235 g/mol. The Morgan fingerprint density at radius 1 is 1.29 bits per heavy atom. The fraction of sp³-hybridized carbons (Fsp3) is 0.364. The molecule has 1 aromatic rings. The van der Waals surface area contributed by atoms with Crippen molar-refractivity contribution in [3.63, 3.8) is 0 Å². The number of hydrazine groups is 1. The molecule has 0 aliphatic carbocycles. The van der Waals surface area contributed by atoms with E-state index in [1.54, 1.807) is 0 Å². The lowest BCUT2D eigenvalue weighted by Crippen LogP contribution is -2.44. The number of nitrogens with one attached hydrogen (secondary N) is 3. The second kappa shape index (κ2) is 5.51. The molecule has 92 valence electrons. The van der Waals surface area contributed by atoms with Gasteiger partial charge in [0.15, 0.2) is 0 Å². The second-order valence-corrected chi connectivity index (χ2v) is 3.85. The number of carbonyl (C=O) groups excluding carboxylic acids is 1. The SMILES string of the molecule is NNC(=O)Nc1ccccc1N1CCNCC1. The van der Waals surface area contributed by atoms with Crippen LogP contribution in [0.25, 0.3) is 0 Å². The third kappa shape index (κ3) is 2.86. The number of para-hydroxylation sites is 2. The summed E-state index contributed by atoms with van der Waals surface area (Å²) < 4.78 is 0. The highest BCUT2D eigenvalue weighted by Crippen LogP contribution is 2.25. The van der Waals surface area contributed by atoms with Gasteiger partial charge in [-0.2, -0.15) is 0 Å².